The third kappa shape index (κ3) is 38.2. The van der Waals surface area contributed by atoms with Crippen LogP contribution >= 0.6 is 0 Å². The molecule has 1 heterocycles. The largest absolute Gasteiger partial charge is 0.463 e. The van der Waals surface area contributed by atoms with E-state index in [0.29, 0.717) is 12.8 Å². The van der Waals surface area contributed by atoms with Gasteiger partial charge in [-0.3, -0.25) is 33.6 Å². The minimum absolute atomic E-state index is 0.255. The van der Waals surface area contributed by atoms with Crippen LogP contribution in [0, 0.1) is 0 Å². The highest BCUT2D eigenvalue weighted by Crippen LogP contribution is 2.31. The second kappa shape index (κ2) is 46.8. The van der Waals surface area contributed by atoms with Crippen molar-refractivity contribution in [2.45, 2.75) is 323 Å². The molecule has 0 radical (unpaired) electrons. The lowest BCUT2D eigenvalue weighted by atomic mass is 9.98. The molecular weight excluding hydrogens is 987 g/mol. The van der Waals surface area contributed by atoms with Crippen LogP contribution in [0.2, 0.25) is 0 Å². The highest BCUT2D eigenvalue weighted by Gasteiger charge is 2.53. The van der Waals surface area contributed by atoms with Crippen LogP contribution in [0.1, 0.15) is 274 Å². The van der Waals surface area contributed by atoms with Gasteiger partial charge in [0.15, 0.2) is 30.7 Å². The summed E-state index contributed by atoms with van der Waals surface area (Å²) in [6.07, 6.45) is 34.0. The molecule has 1 amide bonds. The third-order valence-electron chi connectivity index (χ3n) is 13.9. The molecule has 16 nitrogen and oxygen atoms in total. The maximum Gasteiger partial charge on any atom is 0.303 e. The first-order valence-electron chi connectivity index (χ1n) is 30.3. The number of rotatable bonds is 48. The van der Waals surface area contributed by atoms with Crippen LogP contribution in [0.4, 0.5) is 0 Å². The Labute approximate surface area is 465 Å². The van der Waals surface area contributed by atoms with E-state index in [1.54, 1.807) is 6.08 Å². The van der Waals surface area contributed by atoms with Gasteiger partial charge in [-0.25, -0.2) is 0 Å². The summed E-state index contributed by atoms with van der Waals surface area (Å²) in [7, 11) is 0. The van der Waals surface area contributed by atoms with Gasteiger partial charge in [-0.1, -0.05) is 213 Å². The zero-order valence-electron chi connectivity index (χ0n) is 49.4. The van der Waals surface area contributed by atoms with Gasteiger partial charge in [-0.2, -0.15) is 0 Å². The number of carbonyl (C=O) groups excluding carboxylic acids is 7. The fraction of sp³-hybridized carbons (Fsp3) is 0.852. The summed E-state index contributed by atoms with van der Waals surface area (Å²) in [6, 6.07) is -1.13. The van der Waals surface area contributed by atoms with Crippen LogP contribution in [-0.4, -0.2) is 104 Å². The summed E-state index contributed by atoms with van der Waals surface area (Å²) in [5.41, 5.74) is 0. The van der Waals surface area contributed by atoms with Crippen LogP contribution in [0.5, 0.6) is 0 Å². The molecule has 0 aliphatic carbocycles. The fourth-order valence-electron chi connectivity index (χ4n) is 9.83. The predicted octanol–water partition coefficient (Wildman–Crippen LogP) is 13.3. The molecule has 2 unspecified atom stereocenters. The minimum Gasteiger partial charge on any atom is -0.463 e. The molecule has 1 aliphatic heterocycles. The molecule has 77 heavy (non-hydrogen) atoms. The first-order valence-corrected chi connectivity index (χ1v) is 30.3. The molecule has 0 aromatic rings. The van der Waals surface area contributed by atoms with Crippen molar-refractivity contribution in [2.24, 2.45) is 0 Å². The number of carbonyl (C=O) groups is 7. The number of ether oxygens (including phenoxy) is 8. The first kappa shape index (κ1) is 71.0. The summed E-state index contributed by atoms with van der Waals surface area (Å²) < 4.78 is 45.8. The van der Waals surface area contributed by atoms with E-state index in [1.807, 2.05) is 6.08 Å². The molecule has 1 N–H and O–H groups in total. The molecule has 1 saturated heterocycles. The van der Waals surface area contributed by atoms with Crippen LogP contribution in [0.25, 0.3) is 0 Å². The lowest BCUT2D eigenvalue weighted by Crippen LogP contribution is -2.63. The average molecular weight is 1090 g/mol. The lowest BCUT2D eigenvalue weighted by molar-refractivity contribution is -0.309. The molecular formula is C61H107NO15. The van der Waals surface area contributed by atoms with E-state index >= 15 is 0 Å². The third-order valence-corrected chi connectivity index (χ3v) is 13.9. The summed E-state index contributed by atoms with van der Waals surface area (Å²) in [6.45, 7) is 10.6. The van der Waals surface area contributed by atoms with Gasteiger partial charge in [0.05, 0.1) is 12.6 Å². The van der Waals surface area contributed by atoms with Crippen molar-refractivity contribution in [3.05, 3.63) is 12.2 Å². The summed E-state index contributed by atoms with van der Waals surface area (Å²) in [5, 5.41) is 2.91. The van der Waals surface area contributed by atoms with Gasteiger partial charge < -0.3 is 43.2 Å². The van der Waals surface area contributed by atoms with E-state index in [1.165, 1.54) is 175 Å². The van der Waals surface area contributed by atoms with Crippen LogP contribution in [-0.2, 0) is 71.5 Å². The van der Waals surface area contributed by atoms with Crippen molar-refractivity contribution in [1.82, 2.24) is 5.32 Å². The molecule has 1 rings (SSSR count). The molecule has 16 heteroatoms. The molecule has 0 aromatic heterocycles. The Morgan fingerprint density at radius 2 is 0.844 bits per heavy atom. The van der Waals surface area contributed by atoms with E-state index in [2.05, 4.69) is 19.2 Å². The van der Waals surface area contributed by atoms with Gasteiger partial charge in [-0.15, -0.1) is 0 Å². The molecule has 446 valence electrons. The number of hydrogen-bond acceptors (Lipinski definition) is 15. The predicted molar refractivity (Wildman–Crippen MR) is 298 cm³/mol. The molecule has 1 fully saturated rings. The second-order valence-electron chi connectivity index (χ2n) is 21.3. The van der Waals surface area contributed by atoms with Gasteiger partial charge >= 0.3 is 35.8 Å². The number of amides is 1. The standard InChI is InChI=1S/C61H107NO15/c1-9-11-13-15-17-19-21-23-25-26-27-28-30-32-34-36-38-40-42-44-55(73-49(5)65)60(69)62-53(54(72-48(4)64)43-41-39-37-35-33-31-29-24-22-20-18-16-14-12-10-2)45-71-61-59(76-52(8)68)58(75-51(7)67)57(74-50(6)66)56(77-61)46-70-47(3)63/h41,43,53-59,61H,9-40,42,44-46H2,1-8H3,(H,62,69)/b43-41+/t53-,54?,55?,56+,57+,58-,59+,61+/m0/s1. The fourth-order valence-corrected chi connectivity index (χ4v) is 9.83. The average Bonchev–Trinajstić information content (AvgIpc) is 3.36. The Morgan fingerprint density at radius 3 is 1.25 bits per heavy atom. The van der Waals surface area contributed by atoms with Gasteiger partial charge in [0.2, 0.25) is 0 Å². The zero-order chi connectivity index (χ0) is 56.9. The summed E-state index contributed by atoms with van der Waals surface area (Å²) >= 11 is 0. The van der Waals surface area contributed by atoms with E-state index in [0.717, 1.165) is 65.7 Å². The molecule has 0 saturated carbocycles. The quantitative estimate of drug-likeness (QED) is 0.0260. The molecule has 0 aromatic carbocycles. The Balaban J connectivity index is 3.13. The lowest BCUT2D eigenvalue weighted by Gasteiger charge is -2.44. The van der Waals surface area contributed by atoms with Crippen LogP contribution < -0.4 is 5.32 Å². The first-order chi connectivity index (χ1) is 37.1. The smallest absolute Gasteiger partial charge is 0.303 e. The molecule has 0 spiro atoms. The van der Waals surface area contributed by atoms with Gasteiger partial charge in [-0.05, 0) is 31.8 Å². The number of nitrogens with one attached hydrogen (secondary N) is 1. The van der Waals surface area contributed by atoms with E-state index in [-0.39, 0.29) is 6.42 Å². The van der Waals surface area contributed by atoms with Gasteiger partial charge in [0.1, 0.15) is 18.8 Å². The minimum atomic E-state index is -1.57. The van der Waals surface area contributed by atoms with Crippen LogP contribution in [0.15, 0.2) is 12.2 Å². The SMILES string of the molecule is CCCCCCCCCCCCCCC/C=C/C(OC(C)=O)[C@H](CO[C@@H]1O[C@H](COC(C)=O)[C@@H](OC(C)=O)[C@H](OC(C)=O)[C@H]1OC(C)=O)NC(=O)C(CCCCCCCCCCCCCCCCCCCCC)OC(C)=O. The topological polar surface area (TPSA) is 205 Å². The highest BCUT2D eigenvalue weighted by molar-refractivity contribution is 5.83. The summed E-state index contributed by atoms with van der Waals surface area (Å²) in [4.78, 5) is 88.7. The van der Waals surface area contributed by atoms with Gasteiger partial charge in [0, 0.05) is 41.5 Å². The Kier molecular flexibility index (Phi) is 43.2. The highest BCUT2D eigenvalue weighted by atomic mass is 16.7. The van der Waals surface area contributed by atoms with Crippen molar-refractivity contribution < 1.29 is 71.5 Å². The molecule has 8 atom stereocenters. The number of esters is 6. The maximum atomic E-state index is 14.2. The van der Waals surface area contributed by atoms with E-state index < -0.39 is 104 Å². The number of allylic oxidation sites excluding steroid dienone is 1. The number of unbranched alkanes of at least 4 members (excludes halogenated alkanes) is 31. The van der Waals surface area contributed by atoms with Crippen LogP contribution in [0.3, 0.4) is 0 Å². The number of hydrogen-bond donors (Lipinski definition) is 1. The monoisotopic (exact) mass is 1090 g/mol. The Hall–Kier alpha value is -4.05. The van der Waals surface area contributed by atoms with E-state index in [4.69, 9.17) is 37.9 Å². The Bertz CT molecular complexity index is 1620. The van der Waals surface area contributed by atoms with Crippen molar-refractivity contribution in [1.29, 1.82) is 0 Å². The molecule has 0 bridgehead atoms. The van der Waals surface area contributed by atoms with Crippen molar-refractivity contribution >= 4 is 41.7 Å². The normalized spacial score (nSPS) is 18.5. The zero-order valence-corrected chi connectivity index (χ0v) is 49.4. The van der Waals surface area contributed by atoms with Gasteiger partial charge in [0.25, 0.3) is 5.91 Å². The summed E-state index contributed by atoms with van der Waals surface area (Å²) in [5.74, 6) is -5.02. The van der Waals surface area contributed by atoms with Crippen molar-refractivity contribution in [2.75, 3.05) is 13.2 Å². The molecule has 1 aliphatic rings. The maximum absolute atomic E-state index is 14.2. The second-order valence-corrected chi connectivity index (χ2v) is 21.3. The van der Waals surface area contributed by atoms with Crippen molar-refractivity contribution in [3.63, 3.8) is 0 Å². The Morgan fingerprint density at radius 1 is 0.455 bits per heavy atom. The van der Waals surface area contributed by atoms with Crippen molar-refractivity contribution in [3.8, 4) is 0 Å². The van der Waals surface area contributed by atoms with E-state index in [9.17, 15) is 33.6 Å².